The molecule has 156 valence electrons. The van der Waals surface area contributed by atoms with Crippen LogP contribution in [0.3, 0.4) is 0 Å². The lowest BCUT2D eigenvalue weighted by Crippen LogP contribution is -2.03. The van der Waals surface area contributed by atoms with Crippen LogP contribution in [0.1, 0.15) is 72.4 Å². The quantitative estimate of drug-likeness (QED) is 0.327. The fourth-order valence-electron chi connectivity index (χ4n) is 5.29. The molecule has 1 nitrogen and oxygen atoms in total. The van der Waals surface area contributed by atoms with Gasteiger partial charge in [-0.3, -0.25) is 0 Å². The molecular formula is C30H31N. The fourth-order valence-corrected chi connectivity index (χ4v) is 5.29. The normalized spacial score (nSPS) is 12.4. The van der Waals surface area contributed by atoms with Crippen molar-refractivity contribution in [3.63, 3.8) is 0 Å². The lowest BCUT2D eigenvalue weighted by atomic mass is 9.84. The summed E-state index contributed by atoms with van der Waals surface area (Å²) in [7, 11) is 0. The van der Waals surface area contributed by atoms with Crippen LogP contribution in [0.4, 0.5) is 0 Å². The molecule has 1 unspecified atom stereocenters. The molecule has 31 heavy (non-hydrogen) atoms. The van der Waals surface area contributed by atoms with E-state index in [0.29, 0.717) is 11.8 Å². The third-order valence-corrected chi connectivity index (χ3v) is 6.71. The highest BCUT2D eigenvalue weighted by atomic mass is 14.2. The van der Waals surface area contributed by atoms with Gasteiger partial charge in [-0.25, -0.2) is 0 Å². The van der Waals surface area contributed by atoms with Gasteiger partial charge in [-0.15, -0.1) is 0 Å². The van der Waals surface area contributed by atoms with Crippen molar-refractivity contribution in [1.29, 1.82) is 5.26 Å². The molecule has 0 aromatic heterocycles. The van der Waals surface area contributed by atoms with Crippen molar-refractivity contribution in [2.24, 2.45) is 0 Å². The van der Waals surface area contributed by atoms with Crippen LogP contribution >= 0.6 is 0 Å². The molecule has 0 N–H and O–H groups in total. The van der Waals surface area contributed by atoms with E-state index in [4.69, 9.17) is 0 Å². The molecule has 0 spiro atoms. The van der Waals surface area contributed by atoms with Gasteiger partial charge < -0.3 is 0 Å². The zero-order chi connectivity index (χ0) is 22.1. The van der Waals surface area contributed by atoms with E-state index < -0.39 is 0 Å². The number of benzene rings is 4. The van der Waals surface area contributed by atoms with Gasteiger partial charge in [0.2, 0.25) is 0 Å². The predicted octanol–water partition coefficient (Wildman–Crippen LogP) is 8.34. The zero-order valence-electron chi connectivity index (χ0n) is 19.3. The molecule has 0 aliphatic rings. The van der Waals surface area contributed by atoms with Gasteiger partial charge in [0.1, 0.15) is 0 Å². The summed E-state index contributed by atoms with van der Waals surface area (Å²) in [6.07, 6.45) is 2.13. The molecule has 0 aliphatic heterocycles. The van der Waals surface area contributed by atoms with E-state index in [1.807, 2.05) is 6.07 Å². The SMILES string of the molecule is Cc1ccc2ccc(C#N)cc2c1C(C)CCc1cc(C)c(C(C)C)c2ccccc12. The summed E-state index contributed by atoms with van der Waals surface area (Å²) < 4.78 is 0. The average Bonchev–Trinajstić information content (AvgIpc) is 2.76. The molecule has 0 heterocycles. The van der Waals surface area contributed by atoms with E-state index in [-0.39, 0.29) is 0 Å². The van der Waals surface area contributed by atoms with Gasteiger partial charge in [-0.05, 0) is 100 Å². The lowest BCUT2D eigenvalue weighted by molar-refractivity contribution is 0.682. The van der Waals surface area contributed by atoms with Gasteiger partial charge in [0.15, 0.2) is 0 Å². The summed E-state index contributed by atoms with van der Waals surface area (Å²) in [6, 6.07) is 24.0. The zero-order valence-corrected chi connectivity index (χ0v) is 19.3. The maximum atomic E-state index is 9.39. The van der Waals surface area contributed by atoms with Crippen molar-refractivity contribution < 1.29 is 0 Å². The molecule has 0 fully saturated rings. The number of rotatable bonds is 5. The van der Waals surface area contributed by atoms with Crippen molar-refractivity contribution in [1.82, 2.24) is 0 Å². The summed E-state index contributed by atoms with van der Waals surface area (Å²) in [5.74, 6) is 0.937. The van der Waals surface area contributed by atoms with E-state index in [2.05, 4.69) is 95.3 Å². The van der Waals surface area contributed by atoms with Crippen molar-refractivity contribution in [2.45, 2.75) is 59.3 Å². The Bertz CT molecular complexity index is 1300. The summed E-state index contributed by atoms with van der Waals surface area (Å²) in [5, 5.41) is 14.6. The minimum atomic E-state index is 0.418. The first-order valence-electron chi connectivity index (χ1n) is 11.3. The van der Waals surface area contributed by atoms with Gasteiger partial charge in [0.25, 0.3) is 0 Å². The molecule has 0 amide bonds. The van der Waals surface area contributed by atoms with Gasteiger partial charge in [0.05, 0.1) is 11.6 Å². The van der Waals surface area contributed by atoms with E-state index in [9.17, 15) is 5.26 Å². The summed E-state index contributed by atoms with van der Waals surface area (Å²) in [6.45, 7) is 11.4. The molecule has 0 radical (unpaired) electrons. The highest BCUT2D eigenvalue weighted by Gasteiger charge is 2.16. The Morgan fingerprint density at radius 3 is 2.19 bits per heavy atom. The van der Waals surface area contributed by atoms with Crippen LogP contribution in [0.5, 0.6) is 0 Å². The van der Waals surface area contributed by atoms with Gasteiger partial charge >= 0.3 is 0 Å². The predicted molar refractivity (Wildman–Crippen MR) is 133 cm³/mol. The Balaban J connectivity index is 1.71. The Morgan fingerprint density at radius 2 is 1.48 bits per heavy atom. The minimum Gasteiger partial charge on any atom is -0.192 e. The fraction of sp³-hybridized carbons (Fsp3) is 0.300. The summed E-state index contributed by atoms with van der Waals surface area (Å²) in [4.78, 5) is 0. The van der Waals surface area contributed by atoms with Crippen molar-refractivity contribution in [3.8, 4) is 6.07 Å². The number of nitriles is 1. The minimum absolute atomic E-state index is 0.418. The Morgan fingerprint density at radius 1 is 0.774 bits per heavy atom. The van der Waals surface area contributed by atoms with Crippen LogP contribution in [0, 0.1) is 25.2 Å². The van der Waals surface area contributed by atoms with Gasteiger partial charge in [0, 0.05) is 0 Å². The topological polar surface area (TPSA) is 23.8 Å². The standard InChI is InChI=1S/C30H31N/c1-19(2)29-22(5)16-25(26-8-6-7-9-27(26)29)14-11-21(4)30-20(3)10-13-24-15-12-23(18-31)17-28(24)30/h6-10,12-13,15-17,19,21H,11,14H2,1-5H3. The number of hydrogen-bond donors (Lipinski definition) is 0. The van der Waals surface area contributed by atoms with Crippen molar-refractivity contribution >= 4 is 21.5 Å². The maximum Gasteiger partial charge on any atom is 0.0991 e. The molecule has 4 rings (SSSR count). The largest absolute Gasteiger partial charge is 0.192 e. The van der Waals surface area contributed by atoms with Crippen LogP contribution < -0.4 is 0 Å². The monoisotopic (exact) mass is 405 g/mol. The number of fused-ring (bicyclic) bond motifs is 2. The van der Waals surface area contributed by atoms with Crippen LogP contribution in [-0.2, 0) is 6.42 Å². The summed E-state index contributed by atoms with van der Waals surface area (Å²) in [5.41, 5.74) is 7.75. The van der Waals surface area contributed by atoms with E-state index in [1.54, 1.807) is 0 Å². The number of nitrogens with zero attached hydrogens (tertiary/aromatic N) is 1. The number of hydrogen-bond acceptors (Lipinski definition) is 1. The number of aryl methyl sites for hydroxylation is 3. The molecular weight excluding hydrogens is 374 g/mol. The maximum absolute atomic E-state index is 9.39. The van der Waals surface area contributed by atoms with Crippen LogP contribution in [0.25, 0.3) is 21.5 Å². The Hall–Kier alpha value is -3.11. The van der Waals surface area contributed by atoms with Crippen molar-refractivity contribution in [3.05, 3.63) is 94.0 Å². The summed E-state index contributed by atoms with van der Waals surface area (Å²) >= 11 is 0. The third-order valence-electron chi connectivity index (χ3n) is 6.71. The molecule has 0 saturated heterocycles. The van der Waals surface area contributed by atoms with E-state index in [1.165, 1.54) is 49.4 Å². The van der Waals surface area contributed by atoms with Gasteiger partial charge in [-0.2, -0.15) is 5.26 Å². The molecule has 0 bridgehead atoms. The van der Waals surface area contributed by atoms with E-state index >= 15 is 0 Å². The van der Waals surface area contributed by atoms with Crippen LogP contribution in [0.15, 0.2) is 60.7 Å². The second kappa shape index (κ2) is 8.56. The van der Waals surface area contributed by atoms with E-state index in [0.717, 1.165) is 18.4 Å². The molecule has 0 aliphatic carbocycles. The lowest BCUT2D eigenvalue weighted by Gasteiger charge is -2.20. The molecule has 0 saturated carbocycles. The van der Waals surface area contributed by atoms with Crippen molar-refractivity contribution in [2.75, 3.05) is 0 Å². The highest BCUT2D eigenvalue weighted by Crippen LogP contribution is 2.35. The molecule has 1 heteroatoms. The first kappa shape index (κ1) is 21.1. The average molecular weight is 406 g/mol. The first-order chi connectivity index (χ1) is 14.9. The molecule has 1 atom stereocenters. The van der Waals surface area contributed by atoms with Crippen LogP contribution in [-0.4, -0.2) is 0 Å². The van der Waals surface area contributed by atoms with Gasteiger partial charge in [-0.1, -0.05) is 69.3 Å². The molecule has 4 aromatic carbocycles. The molecule has 4 aromatic rings. The van der Waals surface area contributed by atoms with Crippen LogP contribution in [0.2, 0.25) is 0 Å². The Kier molecular flexibility index (Phi) is 5.84. The highest BCUT2D eigenvalue weighted by molar-refractivity contribution is 5.90. The second-order valence-electron chi connectivity index (χ2n) is 9.25. The second-order valence-corrected chi connectivity index (χ2v) is 9.25. The first-order valence-corrected chi connectivity index (χ1v) is 11.3. The smallest absolute Gasteiger partial charge is 0.0991 e. The Labute approximate surface area is 186 Å². The third kappa shape index (κ3) is 3.96.